The van der Waals surface area contributed by atoms with E-state index >= 15 is 0 Å². The maximum absolute atomic E-state index is 12.0. The molecule has 3 heterocycles. The maximum Gasteiger partial charge on any atom is 0.322 e. The SMILES string of the molecule is O=CN1CCC(N2Cc3sccc3NC2=O)CC1. The summed E-state index contributed by atoms with van der Waals surface area (Å²) in [5.74, 6) is 0. The summed E-state index contributed by atoms with van der Waals surface area (Å²) in [6, 6.07) is 2.19. The minimum Gasteiger partial charge on any atom is -0.345 e. The monoisotopic (exact) mass is 265 g/mol. The number of likely N-dealkylation sites (tertiary alicyclic amines) is 1. The first-order chi connectivity index (χ1) is 8.78. The minimum absolute atomic E-state index is 0.00884. The van der Waals surface area contributed by atoms with Gasteiger partial charge in [0.05, 0.1) is 12.2 Å². The Morgan fingerprint density at radius 2 is 2.17 bits per heavy atom. The van der Waals surface area contributed by atoms with Gasteiger partial charge >= 0.3 is 6.03 Å². The van der Waals surface area contributed by atoms with Gasteiger partial charge in [0.15, 0.2) is 0 Å². The highest BCUT2D eigenvalue weighted by Crippen LogP contribution is 2.31. The van der Waals surface area contributed by atoms with Gasteiger partial charge in [-0.3, -0.25) is 4.79 Å². The third-order valence-electron chi connectivity index (χ3n) is 3.65. The average molecular weight is 265 g/mol. The molecule has 0 spiro atoms. The smallest absolute Gasteiger partial charge is 0.322 e. The van der Waals surface area contributed by atoms with E-state index in [9.17, 15) is 9.59 Å². The first-order valence-corrected chi connectivity index (χ1v) is 6.99. The van der Waals surface area contributed by atoms with Gasteiger partial charge in [0.25, 0.3) is 0 Å². The van der Waals surface area contributed by atoms with E-state index in [1.165, 1.54) is 4.88 Å². The number of hydrogen-bond donors (Lipinski definition) is 1. The fraction of sp³-hybridized carbons (Fsp3) is 0.500. The molecule has 0 radical (unpaired) electrons. The van der Waals surface area contributed by atoms with E-state index in [1.54, 1.807) is 16.2 Å². The molecule has 6 heteroatoms. The molecule has 0 aliphatic carbocycles. The number of rotatable bonds is 2. The number of nitrogens with zero attached hydrogens (tertiary/aromatic N) is 2. The van der Waals surface area contributed by atoms with E-state index in [2.05, 4.69) is 5.32 Å². The van der Waals surface area contributed by atoms with Crippen molar-refractivity contribution < 1.29 is 9.59 Å². The first kappa shape index (κ1) is 11.5. The van der Waals surface area contributed by atoms with E-state index < -0.39 is 0 Å². The standard InChI is InChI=1S/C12H15N3O2S/c16-8-14-4-1-9(2-5-14)15-7-11-10(3-6-18-11)13-12(15)17/h3,6,8-9H,1-2,4-5,7H2,(H,13,17). The van der Waals surface area contributed by atoms with Crippen LogP contribution in [0, 0.1) is 0 Å². The van der Waals surface area contributed by atoms with Crippen molar-refractivity contribution in [1.82, 2.24) is 9.80 Å². The Morgan fingerprint density at radius 3 is 2.89 bits per heavy atom. The second-order valence-corrected chi connectivity index (χ2v) is 5.69. The minimum atomic E-state index is -0.00884. The fourth-order valence-corrected chi connectivity index (χ4v) is 3.41. The Hall–Kier alpha value is -1.56. The van der Waals surface area contributed by atoms with Gasteiger partial charge < -0.3 is 15.1 Å². The highest BCUT2D eigenvalue weighted by atomic mass is 32.1. The molecule has 1 saturated heterocycles. The molecule has 5 nitrogen and oxygen atoms in total. The average Bonchev–Trinajstić information content (AvgIpc) is 2.85. The molecule has 1 aromatic rings. The van der Waals surface area contributed by atoms with Crippen LogP contribution in [-0.4, -0.2) is 41.4 Å². The lowest BCUT2D eigenvalue weighted by Crippen LogP contribution is -2.49. The van der Waals surface area contributed by atoms with E-state index in [0.29, 0.717) is 6.54 Å². The molecule has 96 valence electrons. The van der Waals surface area contributed by atoms with Crippen LogP contribution in [-0.2, 0) is 11.3 Å². The predicted molar refractivity (Wildman–Crippen MR) is 69.5 cm³/mol. The zero-order valence-corrected chi connectivity index (χ0v) is 10.8. The zero-order valence-electron chi connectivity index (χ0n) is 9.96. The summed E-state index contributed by atoms with van der Waals surface area (Å²) >= 11 is 1.68. The molecule has 2 aliphatic rings. The van der Waals surface area contributed by atoms with Crippen molar-refractivity contribution in [3.05, 3.63) is 16.3 Å². The molecule has 3 amide bonds. The van der Waals surface area contributed by atoms with Gasteiger partial charge in [0, 0.05) is 24.0 Å². The summed E-state index contributed by atoms with van der Waals surface area (Å²) in [4.78, 5) is 27.6. The lowest BCUT2D eigenvalue weighted by molar-refractivity contribution is -0.119. The summed E-state index contributed by atoms with van der Waals surface area (Å²) < 4.78 is 0. The molecule has 1 aromatic heterocycles. The van der Waals surface area contributed by atoms with Gasteiger partial charge in [0.1, 0.15) is 0 Å². The third kappa shape index (κ3) is 1.96. The van der Waals surface area contributed by atoms with Gasteiger partial charge in [-0.15, -0.1) is 11.3 Å². The van der Waals surface area contributed by atoms with Crippen LogP contribution in [0.15, 0.2) is 11.4 Å². The van der Waals surface area contributed by atoms with E-state index in [4.69, 9.17) is 0 Å². The number of urea groups is 1. The van der Waals surface area contributed by atoms with Crippen molar-refractivity contribution in [2.24, 2.45) is 0 Å². The molecule has 1 N–H and O–H groups in total. The first-order valence-electron chi connectivity index (χ1n) is 6.11. The Balaban J connectivity index is 1.70. The molecule has 0 unspecified atom stereocenters. The summed E-state index contributed by atoms with van der Waals surface area (Å²) in [7, 11) is 0. The molecule has 3 rings (SSSR count). The Morgan fingerprint density at radius 1 is 1.39 bits per heavy atom. The molecule has 18 heavy (non-hydrogen) atoms. The molecule has 0 bridgehead atoms. The van der Waals surface area contributed by atoms with Crippen molar-refractivity contribution in [2.45, 2.75) is 25.4 Å². The normalized spacial score (nSPS) is 20.6. The van der Waals surface area contributed by atoms with Gasteiger partial charge in [-0.1, -0.05) is 0 Å². The van der Waals surface area contributed by atoms with Crippen molar-refractivity contribution in [2.75, 3.05) is 18.4 Å². The maximum atomic E-state index is 12.0. The highest BCUT2D eigenvalue weighted by Gasteiger charge is 2.31. The summed E-state index contributed by atoms with van der Waals surface area (Å²) in [5.41, 5.74) is 0.951. The number of carbonyl (C=O) groups is 2. The summed E-state index contributed by atoms with van der Waals surface area (Å²) in [6.45, 7) is 2.19. The van der Waals surface area contributed by atoms with Crippen LogP contribution < -0.4 is 5.32 Å². The lowest BCUT2D eigenvalue weighted by Gasteiger charge is -2.39. The molecule has 0 atom stereocenters. The Bertz CT molecular complexity index is 466. The number of amides is 3. The van der Waals surface area contributed by atoms with Crippen LogP contribution in [0.25, 0.3) is 0 Å². The molecule has 2 aliphatic heterocycles. The quantitative estimate of drug-likeness (QED) is 0.828. The molecule has 1 fully saturated rings. The Kier molecular flexibility index (Phi) is 2.95. The van der Waals surface area contributed by atoms with Gasteiger partial charge in [-0.2, -0.15) is 0 Å². The molecular formula is C12H15N3O2S. The highest BCUT2D eigenvalue weighted by molar-refractivity contribution is 7.10. The van der Waals surface area contributed by atoms with Crippen molar-refractivity contribution in [3.63, 3.8) is 0 Å². The second kappa shape index (κ2) is 4.61. The molecule has 0 saturated carbocycles. The number of fused-ring (bicyclic) bond motifs is 1. The number of carbonyl (C=O) groups excluding carboxylic acids is 2. The Labute approximate surface area is 109 Å². The van der Waals surface area contributed by atoms with Gasteiger partial charge in [-0.25, -0.2) is 4.79 Å². The van der Waals surface area contributed by atoms with Crippen LogP contribution in [0.2, 0.25) is 0 Å². The largest absolute Gasteiger partial charge is 0.345 e. The fourth-order valence-electron chi connectivity index (χ4n) is 2.59. The summed E-state index contributed by atoms with van der Waals surface area (Å²) in [6.07, 6.45) is 2.63. The zero-order chi connectivity index (χ0) is 12.5. The van der Waals surface area contributed by atoms with Crippen LogP contribution >= 0.6 is 11.3 Å². The third-order valence-corrected chi connectivity index (χ3v) is 4.56. The van der Waals surface area contributed by atoms with Crippen molar-refractivity contribution >= 4 is 29.5 Å². The van der Waals surface area contributed by atoms with Crippen LogP contribution in [0.3, 0.4) is 0 Å². The second-order valence-electron chi connectivity index (χ2n) is 4.69. The number of anilines is 1. The van der Waals surface area contributed by atoms with Gasteiger partial charge in [-0.05, 0) is 24.3 Å². The van der Waals surface area contributed by atoms with E-state index in [0.717, 1.165) is 38.0 Å². The number of hydrogen-bond acceptors (Lipinski definition) is 3. The van der Waals surface area contributed by atoms with Crippen LogP contribution in [0.1, 0.15) is 17.7 Å². The van der Waals surface area contributed by atoms with Crippen molar-refractivity contribution in [3.8, 4) is 0 Å². The topological polar surface area (TPSA) is 52.7 Å². The van der Waals surface area contributed by atoms with Gasteiger partial charge in [0.2, 0.25) is 6.41 Å². The summed E-state index contributed by atoms with van der Waals surface area (Å²) in [5, 5.41) is 4.93. The van der Waals surface area contributed by atoms with E-state index in [-0.39, 0.29) is 12.1 Å². The van der Waals surface area contributed by atoms with Crippen LogP contribution in [0.4, 0.5) is 10.5 Å². The van der Waals surface area contributed by atoms with Crippen molar-refractivity contribution in [1.29, 1.82) is 0 Å². The lowest BCUT2D eigenvalue weighted by atomic mass is 10.0. The molecule has 0 aromatic carbocycles. The van der Waals surface area contributed by atoms with E-state index in [1.807, 2.05) is 16.3 Å². The van der Waals surface area contributed by atoms with Crippen LogP contribution in [0.5, 0.6) is 0 Å². The molecular weight excluding hydrogens is 250 g/mol. The number of nitrogens with one attached hydrogen (secondary N) is 1. The predicted octanol–water partition coefficient (Wildman–Crippen LogP) is 1.72. The number of thiophene rings is 1. The number of piperidine rings is 1.